The van der Waals surface area contributed by atoms with Crippen molar-refractivity contribution in [2.75, 3.05) is 32.8 Å². The Morgan fingerprint density at radius 3 is 2.12 bits per heavy atom. The lowest BCUT2D eigenvalue weighted by Crippen LogP contribution is -2.50. The van der Waals surface area contributed by atoms with Crippen molar-refractivity contribution in [1.29, 1.82) is 0 Å². The molecule has 0 aromatic carbocycles. The number of hydrogen-bond acceptors (Lipinski definition) is 1. The largest absolute Gasteiger partial charge is 0.372 e. The van der Waals surface area contributed by atoms with Crippen molar-refractivity contribution in [3.8, 4) is 0 Å². The second-order valence-electron chi connectivity index (χ2n) is 5.55. The maximum Gasteiger partial charge on any atom is 0.102 e. The van der Waals surface area contributed by atoms with Crippen LogP contribution in [0.3, 0.4) is 0 Å². The van der Waals surface area contributed by atoms with Gasteiger partial charge in [0.1, 0.15) is 6.54 Å². The van der Waals surface area contributed by atoms with Crippen LogP contribution in [0.4, 0.5) is 0 Å². The van der Waals surface area contributed by atoms with Crippen molar-refractivity contribution in [1.82, 2.24) is 0 Å². The van der Waals surface area contributed by atoms with E-state index in [1.54, 1.807) is 0 Å². The molecule has 17 heavy (non-hydrogen) atoms. The van der Waals surface area contributed by atoms with E-state index in [0.29, 0.717) is 6.10 Å². The predicted octanol–water partition coefficient (Wildman–Crippen LogP) is 3.60. The molecule has 0 bridgehead atoms. The van der Waals surface area contributed by atoms with Gasteiger partial charge in [-0.15, -0.1) is 0 Å². The Kier molecular flexibility index (Phi) is 7.14. The Hall–Kier alpha value is -0.0800. The van der Waals surface area contributed by atoms with Gasteiger partial charge >= 0.3 is 0 Å². The first kappa shape index (κ1) is 15.0. The number of rotatable bonds is 8. The maximum atomic E-state index is 6.07. The average Bonchev–Trinajstić information content (AvgIpc) is 2.39. The fourth-order valence-corrected chi connectivity index (χ4v) is 3.09. The van der Waals surface area contributed by atoms with Gasteiger partial charge in [0.05, 0.1) is 32.3 Å². The second-order valence-corrected chi connectivity index (χ2v) is 5.55. The molecule has 2 nitrogen and oxygen atoms in total. The third-order valence-electron chi connectivity index (χ3n) is 4.51. The summed E-state index contributed by atoms with van der Waals surface area (Å²) in [5, 5.41) is 0. The summed E-state index contributed by atoms with van der Waals surface area (Å²) in [6.07, 6.45) is 8.62. The molecule has 0 aromatic rings. The van der Waals surface area contributed by atoms with Crippen LogP contribution in [0.1, 0.15) is 59.3 Å². The van der Waals surface area contributed by atoms with E-state index in [1.807, 2.05) is 0 Å². The summed E-state index contributed by atoms with van der Waals surface area (Å²) in [5.41, 5.74) is 0. The molecule has 0 N–H and O–H groups in total. The molecule has 1 rings (SSSR count). The van der Waals surface area contributed by atoms with Gasteiger partial charge in [-0.05, 0) is 33.1 Å². The van der Waals surface area contributed by atoms with Crippen LogP contribution >= 0.6 is 0 Å². The molecule has 102 valence electrons. The lowest BCUT2D eigenvalue weighted by atomic mass is 9.98. The summed E-state index contributed by atoms with van der Waals surface area (Å²) >= 11 is 0. The first-order valence-electron chi connectivity index (χ1n) is 7.73. The summed E-state index contributed by atoms with van der Waals surface area (Å²) in [4.78, 5) is 0. The predicted molar refractivity (Wildman–Crippen MR) is 74.2 cm³/mol. The lowest BCUT2D eigenvalue weighted by molar-refractivity contribution is -0.925. The number of ether oxygens (including phenoxy) is 1. The van der Waals surface area contributed by atoms with Crippen LogP contribution < -0.4 is 0 Å². The third kappa shape index (κ3) is 4.97. The summed E-state index contributed by atoms with van der Waals surface area (Å²) in [5.74, 6) is 0. The molecule has 0 aromatic heterocycles. The minimum absolute atomic E-state index is 0.570. The molecule has 0 amide bonds. The molecule has 0 heterocycles. The summed E-state index contributed by atoms with van der Waals surface area (Å²) < 4.78 is 7.31. The van der Waals surface area contributed by atoms with Crippen LogP contribution in [0.2, 0.25) is 0 Å². The molecule has 0 unspecified atom stereocenters. The van der Waals surface area contributed by atoms with Crippen LogP contribution in [0, 0.1) is 0 Å². The fraction of sp³-hybridized carbons (Fsp3) is 1.00. The van der Waals surface area contributed by atoms with Gasteiger partial charge in [-0.25, -0.2) is 0 Å². The van der Waals surface area contributed by atoms with Gasteiger partial charge in [0.2, 0.25) is 0 Å². The highest BCUT2D eigenvalue weighted by atomic mass is 16.5. The van der Waals surface area contributed by atoms with Gasteiger partial charge in [-0.1, -0.05) is 26.2 Å². The van der Waals surface area contributed by atoms with E-state index in [9.17, 15) is 0 Å². The van der Waals surface area contributed by atoms with Gasteiger partial charge in [0.15, 0.2) is 0 Å². The van der Waals surface area contributed by atoms with Crippen LogP contribution in [-0.2, 0) is 4.74 Å². The molecule has 1 aliphatic rings. The van der Waals surface area contributed by atoms with E-state index in [0.717, 1.165) is 6.61 Å². The quantitative estimate of drug-likeness (QED) is 0.591. The highest BCUT2D eigenvalue weighted by Crippen LogP contribution is 2.20. The number of hydrogen-bond donors (Lipinski definition) is 0. The topological polar surface area (TPSA) is 9.23 Å². The molecule has 0 aliphatic heterocycles. The highest BCUT2D eigenvalue weighted by molar-refractivity contribution is 4.64. The normalized spacial score (nSPS) is 18.5. The van der Waals surface area contributed by atoms with Crippen molar-refractivity contribution in [3.05, 3.63) is 0 Å². The Bertz CT molecular complexity index is 183. The van der Waals surface area contributed by atoms with Crippen LogP contribution in [0.15, 0.2) is 0 Å². The Balaban J connectivity index is 2.25. The van der Waals surface area contributed by atoms with Gasteiger partial charge < -0.3 is 9.22 Å². The van der Waals surface area contributed by atoms with Gasteiger partial charge in [-0.3, -0.25) is 0 Å². The monoisotopic (exact) mass is 242 g/mol. The fourth-order valence-electron chi connectivity index (χ4n) is 3.09. The Morgan fingerprint density at radius 2 is 1.59 bits per heavy atom. The maximum absolute atomic E-state index is 6.07. The molecule has 0 spiro atoms. The molecule has 0 atom stereocenters. The summed E-state index contributed by atoms with van der Waals surface area (Å²) in [7, 11) is 0. The van der Waals surface area contributed by atoms with Crippen molar-refractivity contribution < 1.29 is 9.22 Å². The van der Waals surface area contributed by atoms with Crippen molar-refractivity contribution in [2.24, 2.45) is 0 Å². The van der Waals surface area contributed by atoms with Gasteiger partial charge in [-0.2, -0.15) is 0 Å². The Labute approximate surface area is 108 Å². The van der Waals surface area contributed by atoms with E-state index in [2.05, 4.69) is 20.8 Å². The SMILES string of the molecule is CCC[N+](CC)(CC)CCOC1CCCCC1. The summed E-state index contributed by atoms with van der Waals surface area (Å²) in [6.45, 7) is 12.9. The van der Waals surface area contributed by atoms with E-state index in [1.165, 1.54) is 69.2 Å². The van der Waals surface area contributed by atoms with E-state index < -0.39 is 0 Å². The highest BCUT2D eigenvalue weighted by Gasteiger charge is 2.22. The molecule has 0 saturated heterocycles. The number of nitrogens with zero attached hydrogens (tertiary/aromatic N) is 1. The molecule has 1 fully saturated rings. The molecular weight excluding hydrogens is 210 g/mol. The summed E-state index contributed by atoms with van der Waals surface area (Å²) in [6, 6.07) is 0. The minimum atomic E-state index is 0.570. The van der Waals surface area contributed by atoms with Crippen molar-refractivity contribution >= 4 is 0 Å². The first-order valence-corrected chi connectivity index (χ1v) is 7.73. The molecule has 1 aliphatic carbocycles. The van der Waals surface area contributed by atoms with Crippen molar-refractivity contribution in [2.45, 2.75) is 65.4 Å². The lowest BCUT2D eigenvalue weighted by Gasteiger charge is -2.37. The zero-order valence-corrected chi connectivity index (χ0v) is 12.2. The minimum Gasteiger partial charge on any atom is -0.372 e. The smallest absolute Gasteiger partial charge is 0.102 e. The molecular formula is C15H32NO+. The first-order chi connectivity index (χ1) is 8.26. The van der Waals surface area contributed by atoms with Crippen LogP contribution in [0.5, 0.6) is 0 Å². The van der Waals surface area contributed by atoms with Crippen LogP contribution in [0.25, 0.3) is 0 Å². The molecule has 0 radical (unpaired) electrons. The van der Waals surface area contributed by atoms with Gasteiger partial charge in [0.25, 0.3) is 0 Å². The molecule has 2 heteroatoms. The second kappa shape index (κ2) is 8.10. The molecule has 1 saturated carbocycles. The van der Waals surface area contributed by atoms with E-state index >= 15 is 0 Å². The Morgan fingerprint density at radius 1 is 0.941 bits per heavy atom. The van der Waals surface area contributed by atoms with Crippen LogP contribution in [-0.4, -0.2) is 43.4 Å². The zero-order chi connectivity index (χ0) is 12.6. The number of quaternary nitrogens is 1. The van der Waals surface area contributed by atoms with Crippen molar-refractivity contribution in [3.63, 3.8) is 0 Å². The number of likely N-dealkylation sites (N-methyl/N-ethyl adjacent to an activating group) is 1. The average molecular weight is 242 g/mol. The van der Waals surface area contributed by atoms with Gasteiger partial charge in [0, 0.05) is 0 Å². The van der Waals surface area contributed by atoms with E-state index in [-0.39, 0.29) is 0 Å². The third-order valence-corrected chi connectivity index (χ3v) is 4.51. The standard InChI is InChI=1S/C15H32NO/c1-4-12-16(5-2,6-3)13-14-17-15-10-8-7-9-11-15/h15H,4-14H2,1-3H3/q+1. The zero-order valence-electron chi connectivity index (χ0n) is 12.2. The van der Waals surface area contributed by atoms with E-state index in [4.69, 9.17) is 4.74 Å².